The molecule has 0 spiro atoms. The summed E-state index contributed by atoms with van der Waals surface area (Å²) in [6, 6.07) is 6.89. The molecule has 21 heavy (non-hydrogen) atoms. The van der Waals surface area contributed by atoms with Crippen LogP contribution >= 0.6 is 0 Å². The number of rotatable bonds is 9. The zero-order chi connectivity index (χ0) is 15.9. The Labute approximate surface area is 126 Å². The number of methoxy groups -OCH3 is 1. The molecule has 1 aromatic rings. The van der Waals surface area contributed by atoms with Crippen LogP contribution in [0.1, 0.15) is 6.92 Å². The van der Waals surface area contributed by atoms with Gasteiger partial charge in [-0.3, -0.25) is 0 Å². The average molecular weight is 317 g/mol. The van der Waals surface area contributed by atoms with Crippen molar-refractivity contribution in [2.45, 2.75) is 19.1 Å². The third-order valence-electron chi connectivity index (χ3n) is 2.74. The number of aliphatic hydroxyl groups is 1. The van der Waals surface area contributed by atoms with Crippen LogP contribution in [0.3, 0.4) is 0 Å². The van der Waals surface area contributed by atoms with Gasteiger partial charge in [0.15, 0.2) is 0 Å². The van der Waals surface area contributed by atoms with Gasteiger partial charge in [0, 0.05) is 24.9 Å². The van der Waals surface area contributed by atoms with Crippen molar-refractivity contribution in [2.24, 2.45) is 0 Å². The van der Waals surface area contributed by atoms with Crippen LogP contribution in [0, 0.1) is 0 Å². The number of hydrogen-bond acceptors (Lipinski definition) is 6. The van der Waals surface area contributed by atoms with Crippen molar-refractivity contribution in [3.8, 4) is 11.5 Å². The van der Waals surface area contributed by atoms with Crippen LogP contribution < -0.4 is 14.8 Å². The van der Waals surface area contributed by atoms with Gasteiger partial charge in [0.1, 0.15) is 34.0 Å². The first-order chi connectivity index (χ1) is 9.80. The van der Waals surface area contributed by atoms with Gasteiger partial charge in [-0.15, -0.1) is 0 Å². The van der Waals surface area contributed by atoms with Gasteiger partial charge in [0.05, 0.1) is 12.9 Å². The van der Waals surface area contributed by atoms with Crippen molar-refractivity contribution in [1.29, 1.82) is 0 Å². The van der Waals surface area contributed by atoms with Crippen LogP contribution in [0.5, 0.6) is 11.5 Å². The Bertz CT molecular complexity index is 532. The lowest BCUT2D eigenvalue weighted by atomic mass is 10.3. The van der Waals surface area contributed by atoms with E-state index in [1.807, 2.05) is 0 Å². The summed E-state index contributed by atoms with van der Waals surface area (Å²) in [5.41, 5.74) is 0. The molecule has 1 rings (SSSR count). The van der Waals surface area contributed by atoms with Crippen LogP contribution in [-0.4, -0.2) is 57.9 Å². The van der Waals surface area contributed by atoms with Crippen molar-refractivity contribution in [3.63, 3.8) is 0 Å². The third kappa shape index (κ3) is 7.89. The maximum Gasteiger partial charge on any atom is 0.148 e. The van der Waals surface area contributed by atoms with Gasteiger partial charge in [-0.25, -0.2) is 8.42 Å². The summed E-state index contributed by atoms with van der Waals surface area (Å²) >= 11 is 0. The molecule has 6 nitrogen and oxygen atoms in total. The van der Waals surface area contributed by atoms with Crippen molar-refractivity contribution in [1.82, 2.24) is 5.32 Å². The van der Waals surface area contributed by atoms with E-state index in [4.69, 9.17) is 9.47 Å². The van der Waals surface area contributed by atoms with Gasteiger partial charge in [-0.2, -0.15) is 0 Å². The van der Waals surface area contributed by atoms with Crippen molar-refractivity contribution in [3.05, 3.63) is 24.3 Å². The Kier molecular flexibility index (Phi) is 6.94. The molecule has 1 aromatic carbocycles. The van der Waals surface area contributed by atoms with Gasteiger partial charge in [-0.1, -0.05) is 6.07 Å². The summed E-state index contributed by atoms with van der Waals surface area (Å²) in [7, 11) is -1.45. The zero-order valence-electron chi connectivity index (χ0n) is 12.6. The highest BCUT2D eigenvalue weighted by atomic mass is 32.2. The molecule has 7 heteroatoms. The fourth-order valence-corrected chi connectivity index (χ4v) is 2.82. The summed E-state index contributed by atoms with van der Waals surface area (Å²) in [5.74, 6) is 1.33. The molecule has 0 aliphatic rings. The maximum absolute atomic E-state index is 11.1. The van der Waals surface area contributed by atoms with E-state index in [9.17, 15) is 13.5 Å². The van der Waals surface area contributed by atoms with Gasteiger partial charge in [0.2, 0.25) is 0 Å². The van der Waals surface area contributed by atoms with E-state index >= 15 is 0 Å². The van der Waals surface area contributed by atoms with Gasteiger partial charge < -0.3 is 19.9 Å². The third-order valence-corrected chi connectivity index (χ3v) is 3.84. The van der Waals surface area contributed by atoms with Crippen LogP contribution in [0.2, 0.25) is 0 Å². The number of hydrogen-bond donors (Lipinski definition) is 2. The predicted octanol–water partition coefficient (Wildman–Crippen LogP) is 0.458. The van der Waals surface area contributed by atoms with E-state index in [0.29, 0.717) is 11.5 Å². The minimum Gasteiger partial charge on any atom is -0.497 e. The molecule has 0 fully saturated rings. The molecule has 0 saturated carbocycles. The molecule has 2 unspecified atom stereocenters. The van der Waals surface area contributed by atoms with Crippen LogP contribution in [0.4, 0.5) is 0 Å². The molecule has 0 radical (unpaired) electrons. The molecule has 0 aliphatic carbocycles. The number of ether oxygens (including phenoxy) is 2. The summed E-state index contributed by atoms with van der Waals surface area (Å²) < 4.78 is 32.8. The van der Waals surface area contributed by atoms with E-state index in [1.165, 1.54) is 6.26 Å². The standard InChI is InChI=1S/C14H23NO5S/c1-11(10-21(3,17)18)15-8-12(16)9-20-14-6-4-5-13(7-14)19-2/h4-7,11-12,15-16H,8-10H2,1-3H3. The lowest BCUT2D eigenvalue weighted by molar-refractivity contribution is 0.104. The largest absolute Gasteiger partial charge is 0.497 e. The van der Waals surface area contributed by atoms with E-state index in [1.54, 1.807) is 38.3 Å². The predicted molar refractivity (Wildman–Crippen MR) is 81.7 cm³/mol. The number of nitrogens with one attached hydrogen (secondary N) is 1. The molecule has 0 aromatic heterocycles. The fraction of sp³-hybridized carbons (Fsp3) is 0.571. The Morgan fingerprint density at radius 2 is 2.00 bits per heavy atom. The minimum absolute atomic E-state index is 0.0382. The summed E-state index contributed by atoms with van der Waals surface area (Å²) in [6.45, 7) is 2.14. The second-order valence-electron chi connectivity index (χ2n) is 5.05. The summed E-state index contributed by atoms with van der Waals surface area (Å²) in [5, 5.41) is 12.8. The van der Waals surface area contributed by atoms with Crippen LogP contribution in [0.15, 0.2) is 24.3 Å². The first kappa shape index (κ1) is 17.7. The van der Waals surface area contributed by atoms with Gasteiger partial charge in [-0.05, 0) is 19.1 Å². The lowest BCUT2D eigenvalue weighted by Gasteiger charge is -2.17. The Morgan fingerprint density at radius 1 is 1.33 bits per heavy atom. The number of benzene rings is 1. The topological polar surface area (TPSA) is 84.9 Å². The molecular formula is C14H23NO5S. The zero-order valence-corrected chi connectivity index (χ0v) is 13.4. The number of aliphatic hydroxyl groups excluding tert-OH is 1. The highest BCUT2D eigenvalue weighted by molar-refractivity contribution is 7.90. The first-order valence-corrected chi connectivity index (χ1v) is 8.72. The molecule has 0 saturated heterocycles. The molecule has 2 atom stereocenters. The second kappa shape index (κ2) is 8.21. The molecule has 0 heterocycles. The maximum atomic E-state index is 11.1. The highest BCUT2D eigenvalue weighted by Gasteiger charge is 2.12. The first-order valence-electron chi connectivity index (χ1n) is 6.66. The quantitative estimate of drug-likeness (QED) is 0.688. The fourth-order valence-electron chi connectivity index (χ4n) is 1.79. The van der Waals surface area contributed by atoms with Crippen molar-refractivity contribution < 1.29 is 23.0 Å². The van der Waals surface area contributed by atoms with Crippen molar-refractivity contribution >= 4 is 9.84 Å². The minimum atomic E-state index is -3.02. The lowest BCUT2D eigenvalue weighted by Crippen LogP contribution is -2.39. The van der Waals surface area contributed by atoms with Crippen LogP contribution in [-0.2, 0) is 9.84 Å². The number of sulfone groups is 1. The molecule has 2 N–H and O–H groups in total. The monoisotopic (exact) mass is 317 g/mol. The van der Waals surface area contributed by atoms with Crippen LogP contribution in [0.25, 0.3) is 0 Å². The Balaban J connectivity index is 2.32. The van der Waals surface area contributed by atoms with Gasteiger partial charge >= 0.3 is 0 Å². The second-order valence-corrected chi connectivity index (χ2v) is 7.23. The summed E-state index contributed by atoms with van der Waals surface area (Å²) in [6.07, 6.45) is 0.464. The Morgan fingerprint density at radius 3 is 2.62 bits per heavy atom. The molecule has 0 amide bonds. The average Bonchev–Trinajstić information content (AvgIpc) is 2.41. The van der Waals surface area contributed by atoms with E-state index in [-0.39, 0.29) is 24.9 Å². The highest BCUT2D eigenvalue weighted by Crippen LogP contribution is 2.18. The van der Waals surface area contributed by atoms with Crippen molar-refractivity contribution in [2.75, 3.05) is 32.3 Å². The van der Waals surface area contributed by atoms with E-state index in [0.717, 1.165) is 0 Å². The van der Waals surface area contributed by atoms with Gasteiger partial charge in [0.25, 0.3) is 0 Å². The smallest absolute Gasteiger partial charge is 0.148 e. The molecule has 0 aliphatic heterocycles. The van der Waals surface area contributed by atoms with E-state index in [2.05, 4.69) is 5.32 Å². The van der Waals surface area contributed by atoms with E-state index < -0.39 is 15.9 Å². The Hall–Kier alpha value is -1.31. The normalized spacial score (nSPS) is 14.5. The SMILES string of the molecule is COc1cccc(OCC(O)CNC(C)CS(C)(=O)=O)c1. The molecule has 0 bridgehead atoms. The molecular weight excluding hydrogens is 294 g/mol. The summed E-state index contributed by atoms with van der Waals surface area (Å²) in [4.78, 5) is 0. The molecule has 120 valence electrons.